The summed E-state index contributed by atoms with van der Waals surface area (Å²) in [7, 11) is -2.68. The van der Waals surface area contributed by atoms with Crippen molar-refractivity contribution in [2.45, 2.75) is 38.1 Å². The van der Waals surface area contributed by atoms with E-state index in [9.17, 15) is 18.0 Å². The number of hydrogen-bond donors (Lipinski definition) is 1. The van der Waals surface area contributed by atoms with Gasteiger partial charge in [-0.2, -0.15) is 0 Å². The molecular weight excluding hydrogens is 582 g/mol. The third-order valence-corrected chi connectivity index (χ3v) is 8.70. The number of methoxy groups -OCH3 is 1. The first-order valence-corrected chi connectivity index (χ1v) is 14.9. The summed E-state index contributed by atoms with van der Waals surface area (Å²) in [5, 5.41) is 2.76. The number of nitrogens with zero attached hydrogens (tertiary/aromatic N) is 2. The number of sulfonamides is 1. The molecule has 0 radical (unpaired) electrons. The largest absolute Gasteiger partial charge is 0.496 e. The molecule has 0 heterocycles. The number of rotatable bonds is 12. The third kappa shape index (κ3) is 7.60. The van der Waals surface area contributed by atoms with Crippen LogP contribution in [0.15, 0.2) is 82.2 Å². The highest BCUT2D eigenvalue weighted by Crippen LogP contribution is 2.31. The predicted octanol–water partition coefficient (Wildman–Crippen LogP) is 4.56. The summed E-state index contributed by atoms with van der Waals surface area (Å²) in [4.78, 5) is 28.0. The molecule has 0 aliphatic rings. The number of carbonyl (C=O) groups is 2. The lowest BCUT2D eigenvalue weighted by Gasteiger charge is -2.32. The Morgan fingerprint density at radius 2 is 1.69 bits per heavy atom. The molecule has 3 rings (SSSR count). The Morgan fingerprint density at radius 3 is 2.28 bits per heavy atom. The molecule has 0 aromatic heterocycles. The highest BCUT2D eigenvalue weighted by atomic mass is 79.9. The van der Waals surface area contributed by atoms with Crippen molar-refractivity contribution >= 4 is 43.5 Å². The molecule has 3 aromatic rings. The van der Waals surface area contributed by atoms with Crippen LogP contribution >= 0.6 is 15.9 Å². The summed E-state index contributed by atoms with van der Waals surface area (Å²) in [6, 6.07) is 20.2. The van der Waals surface area contributed by atoms with E-state index in [1.54, 1.807) is 44.2 Å². The molecule has 0 fully saturated rings. The van der Waals surface area contributed by atoms with E-state index in [2.05, 4.69) is 21.2 Å². The number of halogens is 1. The highest BCUT2D eigenvalue weighted by molar-refractivity contribution is 9.10. The Morgan fingerprint density at radius 1 is 1.03 bits per heavy atom. The van der Waals surface area contributed by atoms with E-state index in [0.29, 0.717) is 28.9 Å². The van der Waals surface area contributed by atoms with E-state index in [-0.39, 0.29) is 17.3 Å². The fraction of sp³-hybridized carbons (Fsp3) is 0.310. The molecule has 0 unspecified atom stereocenters. The minimum absolute atomic E-state index is 0.00356. The van der Waals surface area contributed by atoms with E-state index in [1.165, 1.54) is 24.1 Å². The SMILES string of the molecule is CCNC(=O)[C@H](C)N(CCc1ccccc1)C(=O)CN(c1ccc(C)cc1)S(=O)(=O)c1ccc(OC)c(Br)c1. The van der Waals surface area contributed by atoms with Gasteiger partial charge in [0.15, 0.2) is 0 Å². The van der Waals surface area contributed by atoms with Crippen LogP contribution < -0.4 is 14.4 Å². The van der Waals surface area contributed by atoms with E-state index in [4.69, 9.17) is 4.74 Å². The zero-order chi connectivity index (χ0) is 28.6. The van der Waals surface area contributed by atoms with E-state index in [0.717, 1.165) is 15.4 Å². The minimum Gasteiger partial charge on any atom is -0.496 e. The zero-order valence-electron chi connectivity index (χ0n) is 22.6. The Bertz CT molecular complexity index is 1380. The average molecular weight is 617 g/mol. The number of nitrogens with one attached hydrogen (secondary N) is 1. The molecule has 1 atom stereocenters. The van der Waals surface area contributed by atoms with E-state index >= 15 is 0 Å². The Balaban J connectivity index is 1.99. The smallest absolute Gasteiger partial charge is 0.264 e. The monoisotopic (exact) mass is 615 g/mol. The van der Waals surface area contributed by atoms with Crippen molar-refractivity contribution in [1.82, 2.24) is 10.2 Å². The van der Waals surface area contributed by atoms with Crippen molar-refractivity contribution in [2.24, 2.45) is 0 Å². The maximum Gasteiger partial charge on any atom is 0.264 e. The van der Waals surface area contributed by atoms with Crippen molar-refractivity contribution < 1.29 is 22.7 Å². The first kappa shape index (κ1) is 30.2. The summed E-state index contributed by atoms with van der Waals surface area (Å²) in [5.41, 5.74) is 2.29. The molecule has 3 aromatic carbocycles. The molecule has 0 saturated carbocycles. The molecule has 0 aliphatic heterocycles. The van der Waals surface area contributed by atoms with Gasteiger partial charge in [-0.05, 0) is 79.0 Å². The molecule has 10 heteroatoms. The zero-order valence-corrected chi connectivity index (χ0v) is 25.0. The number of amides is 2. The number of ether oxygens (including phenoxy) is 1. The van der Waals surface area contributed by atoms with Crippen molar-refractivity contribution in [3.05, 3.63) is 88.4 Å². The second-order valence-electron chi connectivity index (χ2n) is 9.04. The van der Waals surface area contributed by atoms with Crippen LogP contribution in [0.5, 0.6) is 5.75 Å². The third-order valence-electron chi connectivity index (χ3n) is 6.31. The predicted molar refractivity (Wildman–Crippen MR) is 156 cm³/mol. The fourth-order valence-corrected chi connectivity index (χ4v) is 6.20. The van der Waals surface area contributed by atoms with Gasteiger partial charge in [0.05, 0.1) is 22.2 Å². The van der Waals surface area contributed by atoms with Gasteiger partial charge in [0.25, 0.3) is 10.0 Å². The van der Waals surface area contributed by atoms with Gasteiger partial charge in [-0.1, -0.05) is 48.0 Å². The molecule has 0 spiro atoms. The summed E-state index contributed by atoms with van der Waals surface area (Å²) < 4.78 is 34.7. The first-order chi connectivity index (χ1) is 18.6. The summed E-state index contributed by atoms with van der Waals surface area (Å²) in [6.45, 7) is 5.54. The van der Waals surface area contributed by atoms with Crippen LogP contribution in [0.25, 0.3) is 0 Å². The van der Waals surface area contributed by atoms with Crippen LogP contribution in [0.1, 0.15) is 25.0 Å². The van der Waals surface area contributed by atoms with E-state index in [1.807, 2.05) is 37.3 Å². The minimum atomic E-state index is -4.17. The van der Waals surface area contributed by atoms with Crippen LogP contribution in [0.3, 0.4) is 0 Å². The van der Waals surface area contributed by atoms with Gasteiger partial charge >= 0.3 is 0 Å². The maximum absolute atomic E-state index is 13.9. The second kappa shape index (κ2) is 13.6. The summed E-state index contributed by atoms with van der Waals surface area (Å²) >= 11 is 3.35. The van der Waals surface area contributed by atoms with E-state index < -0.39 is 28.5 Å². The molecule has 39 heavy (non-hydrogen) atoms. The number of hydrogen-bond acceptors (Lipinski definition) is 5. The lowest BCUT2D eigenvalue weighted by Crippen LogP contribution is -2.52. The van der Waals surface area contributed by atoms with Crippen molar-refractivity contribution in [1.29, 1.82) is 0 Å². The van der Waals surface area contributed by atoms with Gasteiger partial charge in [0.2, 0.25) is 11.8 Å². The van der Waals surface area contributed by atoms with Crippen molar-refractivity contribution in [3.63, 3.8) is 0 Å². The Kier molecular flexibility index (Phi) is 10.5. The van der Waals surface area contributed by atoms with Gasteiger partial charge in [0, 0.05) is 13.1 Å². The Labute approximate surface area is 239 Å². The Hall–Kier alpha value is -3.37. The van der Waals surface area contributed by atoms with Crippen LogP contribution in [0, 0.1) is 6.92 Å². The van der Waals surface area contributed by atoms with Crippen LogP contribution in [-0.2, 0) is 26.0 Å². The van der Waals surface area contributed by atoms with Gasteiger partial charge < -0.3 is 15.0 Å². The van der Waals surface area contributed by atoms with Crippen LogP contribution in [0.2, 0.25) is 0 Å². The topological polar surface area (TPSA) is 96.0 Å². The molecule has 0 saturated heterocycles. The first-order valence-electron chi connectivity index (χ1n) is 12.6. The molecule has 8 nitrogen and oxygen atoms in total. The summed E-state index contributed by atoms with van der Waals surface area (Å²) in [5.74, 6) is -0.307. The highest BCUT2D eigenvalue weighted by Gasteiger charge is 2.32. The number of anilines is 1. The average Bonchev–Trinajstić information content (AvgIpc) is 2.92. The molecular formula is C29H34BrN3O5S. The quantitative estimate of drug-likeness (QED) is 0.322. The van der Waals surface area contributed by atoms with Crippen LogP contribution in [-0.4, -0.2) is 57.9 Å². The number of benzene rings is 3. The van der Waals surface area contributed by atoms with Gasteiger partial charge in [-0.25, -0.2) is 8.42 Å². The number of likely N-dealkylation sites (N-methyl/N-ethyl adjacent to an activating group) is 1. The molecule has 0 aliphatic carbocycles. The number of aryl methyl sites for hydroxylation is 1. The lowest BCUT2D eigenvalue weighted by atomic mass is 10.1. The molecule has 0 bridgehead atoms. The molecule has 2 amide bonds. The van der Waals surface area contributed by atoms with Gasteiger partial charge in [-0.15, -0.1) is 0 Å². The van der Waals surface area contributed by atoms with Gasteiger partial charge in [0.1, 0.15) is 18.3 Å². The fourth-order valence-electron chi connectivity index (χ4n) is 4.07. The second-order valence-corrected chi connectivity index (χ2v) is 11.8. The standard InChI is InChI=1S/C29H34BrN3O5S/c1-5-31-29(35)22(3)32(18-17-23-9-7-6-8-10-23)28(34)20-33(24-13-11-21(2)12-14-24)39(36,37)25-15-16-27(38-4)26(30)19-25/h6-16,19,22H,5,17-18,20H2,1-4H3,(H,31,35)/t22-/m0/s1. The lowest BCUT2D eigenvalue weighted by molar-refractivity contribution is -0.138. The van der Waals surface area contributed by atoms with Crippen LogP contribution in [0.4, 0.5) is 5.69 Å². The summed E-state index contributed by atoms with van der Waals surface area (Å²) in [6.07, 6.45) is 0.513. The molecule has 1 N–H and O–H groups in total. The van der Waals surface area contributed by atoms with Crippen molar-refractivity contribution in [3.8, 4) is 5.75 Å². The molecule has 208 valence electrons. The normalized spacial score (nSPS) is 11.9. The maximum atomic E-state index is 13.9. The van der Waals surface area contributed by atoms with Crippen molar-refractivity contribution in [2.75, 3.05) is 31.0 Å². The number of carbonyl (C=O) groups excluding carboxylic acids is 2. The van der Waals surface area contributed by atoms with Gasteiger partial charge in [-0.3, -0.25) is 13.9 Å².